The van der Waals surface area contributed by atoms with E-state index in [1.54, 1.807) is 82.4 Å². The lowest BCUT2D eigenvalue weighted by Gasteiger charge is -2.44. The van der Waals surface area contributed by atoms with Crippen molar-refractivity contribution in [1.29, 1.82) is 0 Å². The number of nitrogens with zero attached hydrogens (tertiary/aromatic N) is 2. The van der Waals surface area contributed by atoms with E-state index < -0.39 is 47.8 Å². The van der Waals surface area contributed by atoms with Gasteiger partial charge in [0, 0.05) is 19.5 Å². The average Bonchev–Trinajstić information content (AvgIpc) is 2.86. The Morgan fingerprint density at radius 2 is 1.53 bits per heavy atom. The molecule has 0 bridgehead atoms. The molecule has 2 aromatic carbocycles. The summed E-state index contributed by atoms with van der Waals surface area (Å²) >= 11 is 0. The number of ketones is 1. The summed E-state index contributed by atoms with van der Waals surface area (Å²) in [6, 6.07) is 16.7. The highest BCUT2D eigenvalue weighted by molar-refractivity contribution is 6.36. The van der Waals surface area contributed by atoms with Crippen molar-refractivity contribution < 1.29 is 28.7 Å². The number of amides is 3. The number of esters is 1. The van der Waals surface area contributed by atoms with E-state index in [0.29, 0.717) is 11.3 Å². The van der Waals surface area contributed by atoms with Crippen LogP contribution in [-0.2, 0) is 35.1 Å². The van der Waals surface area contributed by atoms with E-state index in [-0.39, 0.29) is 12.3 Å². The fraction of sp³-hybridized carbons (Fsp3) is 0.345. The molecule has 3 rings (SSSR count). The molecule has 0 saturated carbocycles. The van der Waals surface area contributed by atoms with Crippen molar-refractivity contribution in [3.63, 3.8) is 0 Å². The fourth-order valence-electron chi connectivity index (χ4n) is 4.23. The van der Waals surface area contributed by atoms with Crippen molar-refractivity contribution in [2.75, 3.05) is 6.54 Å². The smallest absolute Gasteiger partial charge is 0.377 e. The van der Waals surface area contributed by atoms with Crippen molar-refractivity contribution in [2.24, 2.45) is 0 Å². The van der Waals surface area contributed by atoms with Gasteiger partial charge in [0.1, 0.15) is 18.1 Å². The molecule has 1 N–H and O–H groups in total. The summed E-state index contributed by atoms with van der Waals surface area (Å²) < 4.78 is 5.06. The fourth-order valence-corrected chi connectivity index (χ4v) is 4.23. The lowest BCUT2D eigenvalue weighted by atomic mass is 9.95. The van der Waals surface area contributed by atoms with Gasteiger partial charge in [-0.1, -0.05) is 60.7 Å². The minimum atomic E-state index is -1.25. The summed E-state index contributed by atoms with van der Waals surface area (Å²) in [5, 5.41) is 2.63. The molecule has 3 amide bonds. The molecule has 0 aliphatic carbocycles. The summed E-state index contributed by atoms with van der Waals surface area (Å²) in [5.74, 6) is -3.35. The number of hydrogen-bond donors (Lipinski definition) is 1. The Bertz CT molecular complexity index is 1240. The van der Waals surface area contributed by atoms with E-state index in [0.717, 1.165) is 5.56 Å². The molecule has 0 spiro atoms. The monoisotopic (exact) mass is 519 g/mol. The Morgan fingerprint density at radius 1 is 0.947 bits per heavy atom. The molecule has 1 heterocycles. The summed E-state index contributed by atoms with van der Waals surface area (Å²) in [6.07, 6.45) is 1.12. The zero-order chi connectivity index (χ0) is 28.0. The van der Waals surface area contributed by atoms with Gasteiger partial charge < -0.3 is 15.0 Å². The number of carbonyl (C=O) groups excluding carboxylic acids is 5. The molecule has 9 heteroatoms. The van der Waals surface area contributed by atoms with Gasteiger partial charge in [0.2, 0.25) is 11.8 Å². The molecule has 1 aliphatic rings. The minimum absolute atomic E-state index is 0.0670. The van der Waals surface area contributed by atoms with E-state index in [9.17, 15) is 24.0 Å². The van der Waals surface area contributed by atoms with Gasteiger partial charge in [0.15, 0.2) is 0 Å². The Balaban J connectivity index is 1.91. The zero-order valence-electron chi connectivity index (χ0n) is 22.3. The van der Waals surface area contributed by atoms with E-state index in [4.69, 9.17) is 4.74 Å². The van der Waals surface area contributed by atoms with Crippen molar-refractivity contribution in [3.05, 3.63) is 78.0 Å². The van der Waals surface area contributed by atoms with Crippen LogP contribution in [0.5, 0.6) is 0 Å². The maximum Gasteiger partial charge on any atom is 0.377 e. The van der Waals surface area contributed by atoms with Gasteiger partial charge in [-0.15, -0.1) is 0 Å². The predicted molar refractivity (Wildman–Crippen MR) is 141 cm³/mol. The Hall–Kier alpha value is -4.27. The lowest BCUT2D eigenvalue weighted by molar-refractivity contribution is -0.157. The summed E-state index contributed by atoms with van der Waals surface area (Å²) in [7, 11) is 0. The second-order valence-electron chi connectivity index (χ2n) is 9.85. The third kappa shape index (κ3) is 6.53. The summed E-state index contributed by atoms with van der Waals surface area (Å²) in [5.41, 5.74) is 0.490. The van der Waals surface area contributed by atoms with Crippen LogP contribution < -0.4 is 5.32 Å². The lowest BCUT2D eigenvalue weighted by Crippen LogP contribution is -2.60. The van der Waals surface area contributed by atoms with Crippen LogP contribution in [0.25, 0.3) is 5.70 Å². The average molecular weight is 520 g/mol. The molecule has 38 heavy (non-hydrogen) atoms. The van der Waals surface area contributed by atoms with Crippen molar-refractivity contribution in [1.82, 2.24) is 15.1 Å². The van der Waals surface area contributed by atoms with Gasteiger partial charge in [-0.25, -0.2) is 4.79 Å². The van der Waals surface area contributed by atoms with Gasteiger partial charge in [-0.3, -0.25) is 24.1 Å². The molecular weight excluding hydrogens is 486 g/mol. The molecule has 9 nitrogen and oxygen atoms in total. The molecule has 2 aromatic rings. The number of Topliss-reactive ketones (excluding diaryl/α,β-unsaturated/α-hetero) is 1. The zero-order valence-corrected chi connectivity index (χ0v) is 22.3. The molecule has 0 aromatic heterocycles. The SMILES string of the molecule is CC(=O)N1C=C(c2ccccc2)N(CC(=O)N[C@@H](Cc2ccccc2)C(=O)C(=O)OC(C)C)C(=O)C1(C)C. The second-order valence-corrected chi connectivity index (χ2v) is 9.85. The summed E-state index contributed by atoms with van der Waals surface area (Å²) in [4.78, 5) is 67.2. The first-order valence-corrected chi connectivity index (χ1v) is 12.4. The number of ether oxygens (including phenoxy) is 1. The number of carbonyl (C=O) groups is 5. The molecule has 1 aliphatic heterocycles. The van der Waals surface area contributed by atoms with E-state index in [1.165, 1.54) is 16.7 Å². The van der Waals surface area contributed by atoms with Crippen LogP contribution in [0.15, 0.2) is 66.9 Å². The molecule has 0 fully saturated rings. The first kappa shape index (κ1) is 28.3. The van der Waals surface area contributed by atoms with Crippen LogP contribution in [0, 0.1) is 0 Å². The normalized spacial score (nSPS) is 15.5. The van der Waals surface area contributed by atoms with Crippen molar-refractivity contribution in [2.45, 2.75) is 58.7 Å². The molecule has 0 radical (unpaired) electrons. The van der Waals surface area contributed by atoms with Crippen LogP contribution in [0.3, 0.4) is 0 Å². The Labute approximate surface area is 222 Å². The van der Waals surface area contributed by atoms with Crippen LogP contribution >= 0.6 is 0 Å². The highest BCUT2D eigenvalue weighted by atomic mass is 16.5. The van der Waals surface area contributed by atoms with Gasteiger partial charge in [0.25, 0.3) is 11.7 Å². The standard InChI is InChI=1S/C29H33N3O6/c1-19(2)38-27(36)26(35)23(16-21-12-8-6-9-13-21)30-25(34)18-31-24(22-14-10-7-11-15-22)17-32(20(3)33)29(4,5)28(31)37/h6-15,17,19,23H,16,18H2,1-5H3,(H,30,34)/t23-/m0/s1. The number of benzene rings is 2. The van der Waals surface area contributed by atoms with Crippen molar-refractivity contribution in [3.8, 4) is 0 Å². The van der Waals surface area contributed by atoms with Gasteiger partial charge in [0.05, 0.1) is 11.8 Å². The Kier molecular flexibility index (Phi) is 8.83. The van der Waals surface area contributed by atoms with Crippen LogP contribution in [0.4, 0.5) is 0 Å². The molecular formula is C29H33N3O6. The second kappa shape index (κ2) is 11.9. The topological polar surface area (TPSA) is 113 Å². The number of hydrogen-bond acceptors (Lipinski definition) is 6. The maximum atomic E-state index is 13.6. The largest absolute Gasteiger partial charge is 0.457 e. The molecule has 0 unspecified atom stereocenters. The third-order valence-corrected chi connectivity index (χ3v) is 6.10. The van der Waals surface area contributed by atoms with Crippen LogP contribution in [0.2, 0.25) is 0 Å². The number of nitrogens with one attached hydrogen (secondary N) is 1. The third-order valence-electron chi connectivity index (χ3n) is 6.10. The molecule has 1 atom stereocenters. The van der Waals surface area contributed by atoms with Crippen LogP contribution in [0.1, 0.15) is 45.7 Å². The minimum Gasteiger partial charge on any atom is -0.457 e. The van der Waals surface area contributed by atoms with E-state index >= 15 is 0 Å². The first-order valence-electron chi connectivity index (χ1n) is 12.4. The predicted octanol–water partition coefficient (Wildman–Crippen LogP) is 2.70. The summed E-state index contributed by atoms with van der Waals surface area (Å²) in [6.45, 7) is 7.40. The number of rotatable bonds is 9. The van der Waals surface area contributed by atoms with Crippen molar-refractivity contribution >= 4 is 35.2 Å². The van der Waals surface area contributed by atoms with Gasteiger partial charge in [-0.05, 0) is 38.8 Å². The van der Waals surface area contributed by atoms with Crippen LogP contribution in [-0.4, -0.2) is 63.5 Å². The first-order chi connectivity index (χ1) is 17.9. The Morgan fingerprint density at radius 3 is 2.08 bits per heavy atom. The van der Waals surface area contributed by atoms with E-state index in [1.807, 2.05) is 12.1 Å². The van der Waals surface area contributed by atoms with Gasteiger partial charge in [-0.2, -0.15) is 0 Å². The highest BCUT2D eigenvalue weighted by Crippen LogP contribution is 2.32. The maximum absolute atomic E-state index is 13.6. The quantitative estimate of drug-likeness (QED) is 0.403. The molecule has 200 valence electrons. The highest BCUT2D eigenvalue weighted by Gasteiger charge is 2.44. The van der Waals surface area contributed by atoms with Gasteiger partial charge >= 0.3 is 5.97 Å². The molecule has 0 saturated heterocycles. The van der Waals surface area contributed by atoms with E-state index in [2.05, 4.69) is 5.32 Å².